The average molecular weight is 397 g/mol. The number of nitrogens with zero attached hydrogens (tertiary/aromatic N) is 4. The van der Waals surface area contributed by atoms with Gasteiger partial charge in [-0.2, -0.15) is 0 Å². The molecule has 148 valence electrons. The van der Waals surface area contributed by atoms with E-state index in [0.29, 0.717) is 6.42 Å². The number of non-ortho nitro benzene ring substituents is 2. The molecule has 29 heavy (non-hydrogen) atoms. The number of nitro benzene ring substituents is 2. The Morgan fingerprint density at radius 2 is 1.59 bits per heavy atom. The number of aryl methyl sites for hydroxylation is 1. The van der Waals surface area contributed by atoms with E-state index in [0.717, 1.165) is 30.2 Å². The maximum absolute atomic E-state index is 12.3. The number of aromatic nitrogens is 2. The number of carbonyl (C=O) groups excluding carboxylic acids is 1. The van der Waals surface area contributed by atoms with Crippen molar-refractivity contribution in [1.82, 2.24) is 10.2 Å². The predicted octanol–water partition coefficient (Wildman–Crippen LogP) is 3.29. The third kappa shape index (κ3) is 4.77. The van der Waals surface area contributed by atoms with Crippen LogP contribution in [0.25, 0.3) is 0 Å². The summed E-state index contributed by atoms with van der Waals surface area (Å²) < 4.78 is 5.37. The third-order valence-corrected chi connectivity index (χ3v) is 4.06. The molecule has 0 fully saturated rings. The van der Waals surface area contributed by atoms with E-state index in [4.69, 9.17) is 4.42 Å². The summed E-state index contributed by atoms with van der Waals surface area (Å²) in [6, 6.07) is 10.2. The zero-order chi connectivity index (χ0) is 21.0. The van der Waals surface area contributed by atoms with E-state index in [9.17, 15) is 25.0 Å². The zero-order valence-electron chi connectivity index (χ0n) is 15.2. The smallest absolute Gasteiger partial charge is 0.322 e. The van der Waals surface area contributed by atoms with E-state index >= 15 is 0 Å². The molecule has 1 aromatic heterocycles. The number of rotatable bonds is 7. The van der Waals surface area contributed by atoms with Gasteiger partial charge in [0.15, 0.2) is 0 Å². The number of amides is 1. The summed E-state index contributed by atoms with van der Waals surface area (Å²) in [4.78, 5) is 32.5. The fraction of sp³-hybridized carbons (Fsp3) is 0.167. The van der Waals surface area contributed by atoms with Crippen molar-refractivity contribution in [3.63, 3.8) is 0 Å². The molecule has 0 saturated heterocycles. The largest absolute Gasteiger partial charge is 0.407 e. The quantitative estimate of drug-likeness (QED) is 0.470. The third-order valence-electron chi connectivity index (χ3n) is 4.06. The van der Waals surface area contributed by atoms with Gasteiger partial charge in [0.25, 0.3) is 17.3 Å². The maximum atomic E-state index is 12.3. The highest BCUT2D eigenvalue weighted by atomic mass is 16.6. The van der Waals surface area contributed by atoms with Crippen LogP contribution in [-0.2, 0) is 12.8 Å². The van der Waals surface area contributed by atoms with Crippen LogP contribution in [0.5, 0.6) is 0 Å². The van der Waals surface area contributed by atoms with Crippen molar-refractivity contribution in [2.75, 3.05) is 5.32 Å². The monoisotopic (exact) mass is 397 g/mol. The van der Waals surface area contributed by atoms with Crippen LogP contribution in [0, 0.1) is 20.2 Å². The molecule has 0 saturated carbocycles. The number of nitro groups is 2. The Bertz CT molecular complexity index is 1040. The van der Waals surface area contributed by atoms with Gasteiger partial charge in [-0.3, -0.25) is 30.3 Å². The van der Waals surface area contributed by atoms with E-state index in [-0.39, 0.29) is 17.5 Å². The lowest BCUT2D eigenvalue weighted by Crippen LogP contribution is -2.13. The molecular weight excluding hydrogens is 382 g/mol. The van der Waals surface area contributed by atoms with Gasteiger partial charge in [0.1, 0.15) is 0 Å². The van der Waals surface area contributed by atoms with E-state index in [2.05, 4.69) is 22.4 Å². The first-order valence-corrected chi connectivity index (χ1v) is 8.51. The molecule has 11 heteroatoms. The molecule has 11 nitrogen and oxygen atoms in total. The number of hydrogen-bond acceptors (Lipinski definition) is 8. The minimum absolute atomic E-state index is 0.218. The van der Waals surface area contributed by atoms with Crippen molar-refractivity contribution in [2.45, 2.75) is 19.8 Å². The Kier molecular flexibility index (Phi) is 5.58. The van der Waals surface area contributed by atoms with Gasteiger partial charge < -0.3 is 4.42 Å². The zero-order valence-corrected chi connectivity index (χ0v) is 15.2. The normalized spacial score (nSPS) is 10.5. The first kappa shape index (κ1) is 19.6. The molecule has 0 unspecified atom stereocenters. The lowest BCUT2D eigenvalue weighted by molar-refractivity contribution is -0.394. The van der Waals surface area contributed by atoms with Crippen LogP contribution in [0.4, 0.5) is 17.4 Å². The fourth-order valence-electron chi connectivity index (χ4n) is 2.55. The number of benzene rings is 2. The number of carbonyl (C=O) groups is 1. The molecule has 0 bridgehead atoms. The highest BCUT2D eigenvalue weighted by molar-refractivity contribution is 6.04. The SMILES string of the molecule is CCc1ccc(Cc2nnc(NC(=O)c3cc([N+](=O)[O-])cc([N+](=O)[O-])c3)o2)cc1. The Morgan fingerprint density at radius 1 is 1.00 bits per heavy atom. The first-order valence-electron chi connectivity index (χ1n) is 8.51. The van der Waals surface area contributed by atoms with Crippen LogP contribution in [0.2, 0.25) is 0 Å². The lowest BCUT2D eigenvalue weighted by Gasteiger charge is -2.02. The standard InChI is InChI=1S/C18H15N5O6/c1-2-11-3-5-12(6-4-11)7-16-20-21-18(29-16)19-17(24)13-8-14(22(25)26)10-15(9-13)23(27)28/h3-6,8-10H,2,7H2,1H3,(H,19,21,24). The second kappa shape index (κ2) is 8.25. The first-order chi connectivity index (χ1) is 13.9. The Balaban J connectivity index is 1.74. The molecule has 2 aromatic carbocycles. The number of nitrogens with one attached hydrogen (secondary N) is 1. The molecule has 0 radical (unpaired) electrons. The van der Waals surface area contributed by atoms with E-state index < -0.39 is 27.1 Å². The Morgan fingerprint density at radius 3 is 2.14 bits per heavy atom. The molecule has 0 aliphatic carbocycles. The molecule has 1 N–H and O–H groups in total. The topological polar surface area (TPSA) is 154 Å². The van der Waals surface area contributed by atoms with E-state index in [1.54, 1.807) is 0 Å². The second-order valence-corrected chi connectivity index (χ2v) is 6.05. The predicted molar refractivity (Wildman–Crippen MR) is 101 cm³/mol. The lowest BCUT2D eigenvalue weighted by atomic mass is 10.1. The molecule has 0 aliphatic rings. The van der Waals surface area contributed by atoms with Crippen molar-refractivity contribution < 1.29 is 19.1 Å². The summed E-state index contributed by atoms with van der Waals surface area (Å²) >= 11 is 0. The Labute approximate surface area is 163 Å². The number of hydrogen-bond donors (Lipinski definition) is 1. The van der Waals surface area contributed by atoms with Gasteiger partial charge in [-0.15, -0.1) is 5.10 Å². The summed E-state index contributed by atoms with van der Waals surface area (Å²) in [5.41, 5.74) is 0.703. The molecule has 3 rings (SSSR count). The summed E-state index contributed by atoms with van der Waals surface area (Å²) in [7, 11) is 0. The van der Waals surface area contributed by atoms with Crippen molar-refractivity contribution in [2.24, 2.45) is 0 Å². The number of anilines is 1. The molecule has 0 atom stereocenters. The second-order valence-electron chi connectivity index (χ2n) is 6.05. The van der Waals surface area contributed by atoms with Crippen LogP contribution in [0.15, 0.2) is 46.9 Å². The van der Waals surface area contributed by atoms with Crippen LogP contribution in [0.1, 0.15) is 34.3 Å². The fourth-order valence-corrected chi connectivity index (χ4v) is 2.55. The average Bonchev–Trinajstić information content (AvgIpc) is 3.14. The molecule has 0 spiro atoms. The van der Waals surface area contributed by atoms with Crippen molar-refractivity contribution in [3.05, 3.63) is 85.3 Å². The van der Waals surface area contributed by atoms with Gasteiger partial charge in [-0.1, -0.05) is 36.3 Å². The highest BCUT2D eigenvalue weighted by Gasteiger charge is 2.21. The Hall–Kier alpha value is -4.15. The van der Waals surface area contributed by atoms with Crippen LogP contribution < -0.4 is 5.32 Å². The molecule has 0 aliphatic heterocycles. The van der Waals surface area contributed by atoms with Crippen LogP contribution in [-0.4, -0.2) is 26.0 Å². The molecular formula is C18H15N5O6. The molecule has 3 aromatic rings. The highest BCUT2D eigenvalue weighted by Crippen LogP contribution is 2.23. The van der Waals surface area contributed by atoms with Gasteiger partial charge in [0.2, 0.25) is 5.89 Å². The van der Waals surface area contributed by atoms with E-state index in [1.165, 1.54) is 5.56 Å². The maximum Gasteiger partial charge on any atom is 0.322 e. The summed E-state index contributed by atoms with van der Waals surface area (Å²) in [6.45, 7) is 2.05. The van der Waals surface area contributed by atoms with Gasteiger partial charge >= 0.3 is 6.01 Å². The molecule has 1 heterocycles. The van der Waals surface area contributed by atoms with Gasteiger partial charge in [-0.25, -0.2) is 0 Å². The minimum atomic E-state index is -0.848. The summed E-state index contributed by atoms with van der Waals surface area (Å²) in [6.07, 6.45) is 1.28. The van der Waals surface area contributed by atoms with Gasteiger partial charge in [0.05, 0.1) is 27.9 Å². The van der Waals surface area contributed by atoms with Crippen LogP contribution in [0.3, 0.4) is 0 Å². The van der Waals surface area contributed by atoms with Crippen molar-refractivity contribution in [1.29, 1.82) is 0 Å². The van der Waals surface area contributed by atoms with Gasteiger partial charge in [-0.05, 0) is 17.5 Å². The molecule has 1 amide bonds. The minimum Gasteiger partial charge on any atom is -0.407 e. The van der Waals surface area contributed by atoms with Gasteiger partial charge in [0, 0.05) is 12.1 Å². The summed E-state index contributed by atoms with van der Waals surface area (Å²) in [5, 5.41) is 31.7. The summed E-state index contributed by atoms with van der Waals surface area (Å²) in [5.74, 6) is -0.589. The van der Waals surface area contributed by atoms with Crippen molar-refractivity contribution >= 4 is 23.3 Å². The van der Waals surface area contributed by atoms with Crippen LogP contribution >= 0.6 is 0 Å². The van der Waals surface area contributed by atoms with Crippen molar-refractivity contribution in [3.8, 4) is 0 Å². The van der Waals surface area contributed by atoms with E-state index in [1.807, 2.05) is 24.3 Å².